The van der Waals surface area contributed by atoms with Gasteiger partial charge in [-0.25, -0.2) is 0 Å². The zero-order valence-electron chi connectivity index (χ0n) is 12.2. The van der Waals surface area contributed by atoms with Crippen LogP contribution in [0.4, 0.5) is 0 Å². The number of nitrogens with one attached hydrogen (secondary N) is 1. The van der Waals surface area contributed by atoms with Crippen LogP contribution in [0.5, 0.6) is 0 Å². The van der Waals surface area contributed by atoms with Gasteiger partial charge in [-0.2, -0.15) is 0 Å². The van der Waals surface area contributed by atoms with Crippen LogP contribution in [0.1, 0.15) is 32.3 Å². The Hall–Kier alpha value is -0.860. The van der Waals surface area contributed by atoms with Crippen molar-refractivity contribution < 1.29 is 0 Å². The van der Waals surface area contributed by atoms with Gasteiger partial charge in [-0.3, -0.25) is 4.90 Å². The summed E-state index contributed by atoms with van der Waals surface area (Å²) < 4.78 is 0. The van der Waals surface area contributed by atoms with Crippen LogP contribution < -0.4 is 5.32 Å². The molecule has 2 nitrogen and oxygen atoms in total. The van der Waals surface area contributed by atoms with Gasteiger partial charge in [0.15, 0.2) is 0 Å². The van der Waals surface area contributed by atoms with Gasteiger partial charge in [0.05, 0.1) is 0 Å². The predicted molar refractivity (Wildman–Crippen MR) is 80.0 cm³/mol. The van der Waals surface area contributed by atoms with E-state index < -0.39 is 0 Å². The van der Waals surface area contributed by atoms with Crippen LogP contribution >= 0.6 is 0 Å². The normalized spacial score (nSPS) is 31.6. The molecule has 1 N–H and O–H groups in total. The first-order chi connectivity index (χ1) is 9.25. The number of piperidine rings is 1. The van der Waals surface area contributed by atoms with Gasteiger partial charge in [0.1, 0.15) is 0 Å². The molecule has 0 bridgehead atoms. The molecule has 2 heterocycles. The number of fused-ring (bicyclic) bond motifs is 1. The van der Waals surface area contributed by atoms with Crippen molar-refractivity contribution in [2.45, 2.75) is 45.3 Å². The van der Waals surface area contributed by atoms with Gasteiger partial charge >= 0.3 is 0 Å². The largest absolute Gasteiger partial charge is 0.312 e. The van der Waals surface area contributed by atoms with E-state index in [4.69, 9.17) is 0 Å². The van der Waals surface area contributed by atoms with Crippen LogP contribution in [0.2, 0.25) is 0 Å². The summed E-state index contributed by atoms with van der Waals surface area (Å²) in [5.74, 6) is 1.59. The van der Waals surface area contributed by atoms with Crippen LogP contribution in [-0.2, 0) is 6.54 Å². The van der Waals surface area contributed by atoms with Gasteiger partial charge in [0.25, 0.3) is 0 Å². The molecule has 3 unspecified atom stereocenters. The summed E-state index contributed by atoms with van der Waals surface area (Å²) in [6.07, 6.45) is 2.77. The van der Waals surface area contributed by atoms with E-state index in [2.05, 4.69) is 54.4 Å². The summed E-state index contributed by atoms with van der Waals surface area (Å²) >= 11 is 0. The van der Waals surface area contributed by atoms with Gasteiger partial charge in [-0.15, -0.1) is 0 Å². The Kier molecular flexibility index (Phi) is 3.90. The minimum Gasteiger partial charge on any atom is -0.312 e. The van der Waals surface area contributed by atoms with Gasteiger partial charge < -0.3 is 5.32 Å². The summed E-state index contributed by atoms with van der Waals surface area (Å²) in [5.41, 5.74) is 1.46. The summed E-state index contributed by atoms with van der Waals surface area (Å²) in [5, 5.41) is 3.77. The Morgan fingerprint density at radius 2 is 2.05 bits per heavy atom. The van der Waals surface area contributed by atoms with Crippen molar-refractivity contribution in [2.24, 2.45) is 11.8 Å². The molecule has 0 spiro atoms. The summed E-state index contributed by atoms with van der Waals surface area (Å²) in [4.78, 5) is 2.73. The van der Waals surface area contributed by atoms with Crippen molar-refractivity contribution in [1.29, 1.82) is 0 Å². The Morgan fingerprint density at radius 1 is 1.26 bits per heavy atom. The maximum atomic E-state index is 3.77. The second kappa shape index (κ2) is 5.64. The van der Waals surface area contributed by atoms with Crippen molar-refractivity contribution in [2.75, 3.05) is 13.1 Å². The quantitative estimate of drug-likeness (QED) is 0.897. The van der Waals surface area contributed by atoms with Crippen LogP contribution in [0.3, 0.4) is 0 Å². The van der Waals surface area contributed by atoms with Crippen LogP contribution in [0, 0.1) is 11.8 Å². The molecule has 1 aromatic rings. The molecule has 0 aliphatic carbocycles. The Morgan fingerprint density at radius 3 is 2.79 bits per heavy atom. The van der Waals surface area contributed by atoms with Gasteiger partial charge in [0.2, 0.25) is 0 Å². The first kappa shape index (κ1) is 13.1. The highest BCUT2D eigenvalue weighted by molar-refractivity contribution is 5.15. The average molecular weight is 258 g/mol. The van der Waals surface area contributed by atoms with Crippen molar-refractivity contribution in [3.8, 4) is 0 Å². The number of hydrogen-bond acceptors (Lipinski definition) is 2. The number of rotatable bonds is 3. The molecule has 104 valence electrons. The second-order valence-electron chi connectivity index (χ2n) is 6.53. The molecule has 3 rings (SSSR count). The molecule has 0 amide bonds. The van der Waals surface area contributed by atoms with E-state index in [1.165, 1.54) is 31.5 Å². The Bertz CT molecular complexity index is 401. The third-order valence-corrected chi connectivity index (χ3v) is 4.86. The number of benzene rings is 1. The highest BCUT2D eigenvalue weighted by atomic mass is 15.2. The van der Waals surface area contributed by atoms with Crippen molar-refractivity contribution in [1.82, 2.24) is 10.2 Å². The zero-order chi connectivity index (χ0) is 13.2. The van der Waals surface area contributed by atoms with E-state index in [1.807, 2.05) is 0 Å². The number of hydrogen-bond donors (Lipinski definition) is 1. The van der Waals surface area contributed by atoms with E-state index in [9.17, 15) is 0 Å². The van der Waals surface area contributed by atoms with E-state index in [1.54, 1.807) is 0 Å². The molecular formula is C17H26N2. The van der Waals surface area contributed by atoms with Crippen molar-refractivity contribution >= 4 is 0 Å². The molecule has 2 saturated heterocycles. The minimum atomic E-state index is 0.675. The van der Waals surface area contributed by atoms with Gasteiger partial charge in [-0.05, 0) is 43.3 Å². The van der Waals surface area contributed by atoms with Crippen LogP contribution in [0.25, 0.3) is 0 Å². The lowest BCUT2D eigenvalue weighted by molar-refractivity contribution is 0.0866. The fraction of sp³-hybridized carbons (Fsp3) is 0.647. The fourth-order valence-electron chi connectivity index (χ4n) is 3.96. The molecule has 2 fully saturated rings. The third-order valence-electron chi connectivity index (χ3n) is 4.86. The van der Waals surface area contributed by atoms with Gasteiger partial charge in [-0.1, -0.05) is 44.2 Å². The lowest BCUT2D eigenvalue weighted by atomic mass is 9.84. The predicted octanol–water partition coefficient (Wildman–Crippen LogP) is 2.90. The highest BCUT2D eigenvalue weighted by Gasteiger charge is 2.42. The summed E-state index contributed by atoms with van der Waals surface area (Å²) in [6, 6.07) is 12.4. The van der Waals surface area contributed by atoms with Crippen molar-refractivity contribution in [3.05, 3.63) is 35.9 Å². The smallest absolute Gasteiger partial charge is 0.0295 e. The van der Waals surface area contributed by atoms with E-state index >= 15 is 0 Å². The molecule has 2 heteroatoms. The molecule has 1 aromatic carbocycles. The van der Waals surface area contributed by atoms with Crippen LogP contribution in [-0.4, -0.2) is 30.1 Å². The zero-order valence-corrected chi connectivity index (χ0v) is 12.2. The summed E-state index contributed by atoms with van der Waals surface area (Å²) in [7, 11) is 0. The minimum absolute atomic E-state index is 0.675. The lowest BCUT2D eigenvalue weighted by Crippen LogP contribution is -2.50. The van der Waals surface area contributed by atoms with Gasteiger partial charge in [0, 0.05) is 18.6 Å². The first-order valence-electron chi connectivity index (χ1n) is 7.77. The number of likely N-dealkylation sites (tertiary alicyclic amines) is 1. The Balaban J connectivity index is 1.76. The third kappa shape index (κ3) is 2.70. The van der Waals surface area contributed by atoms with Crippen LogP contribution in [0.15, 0.2) is 30.3 Å². The maximum absolute atomic E-state index is 3.77. The molecular weight excluding hydrogens is 232 g/mol. The summed E-state index contributed by atoms with van der Waals surface area (Å²) in [6.45, 7) is 8.32. The average Bonchev–Trinajstić information content (AvgIpc) is 2.85. The monoisotopic (exact) mass is 258 g/mol. The molecule has 0 saturated carbocycles. The lowest BCUT2D eigenvalue weighted by Gasteiger charge is -2.41. The number of nitrogens with zero attached hydrogens (tertiary/aromatic N) is 1. The van der Waals surface area contributed by atoms with E-state index in [-0.39, 0.29) is 0 Å². The molecule has 2 aliphatic rings. The molecule has 3 atom stereocenters. The van der Waals surface area contributed by atoms with Crippen molar-refractivity contribution in [3.63, 3.8) is 0 Å². The standard InChI is InChI=1S/C17H26N2/c1-13(2)16-17-15(11-18-16)9-6-10-19(17)12-14-7-4-3-5-8-14/h3-5,7-8,13,15-18H,6,9-12H2,1-2H3. The maximum Gasteiger partial charge on any atom is 0.0295 e. The Labute approximate surface area is 117 Å². The molecule has 19 heavy (non-hydrogen) atoms. The van der Waals surface area contributed by atoms with E-state index in [0.717, 1.165) is 24.4 Å². The molecule has 0 radical (unpaired) electrons. The fourth-order valence-corrected chi connectivity index (χ4v) is 3.96. The molecule has 2 aliphatic heterocycles. The highest BCUT2D eigenvalue weighted by Crippen LogP contribution is 2.33. The molecule has 0 aromatic heterocycles. The second-order valence-corrected chi connectivity index (χ2v) is 6.53. The topological polar surface area (TPSA) is 15.3 Å². The van der Waals surface area contributed by atoms with E-state index in [0.29, 0.717) is 6.04 Å². The SMILES string of the molecule is CC(C)C1NCC2CCCN(Cc3ccccc3)C21. The first-order valence-corrected chi connectivity index (χ1v) is 7.77.